The summed E-state index contributed by atoms with van der Waals surface area (Å²) >= 11 is 0. The molecule has 1 N–H and O–H groups in total. The molecule has 1 rings (SSSR count). The van der Waals surface area contributed by atoms with Crippen LogP contribution < -0.4 is 10.1 Å². The van der Waals surface area contributed by atoms with Gasteiger partial charge < -0.3 is 10.1 Å². The number of hydrogen-bond acceptors (Lipinski definition) is 4. The van der Waals surface area contributed by atoms with Gasteiger partial charge in [0.1, 0.15) is 0 Å². The molecule has 0 spiro atoms. The van der Waals surface area contributed by atoms with E-state index in [-0.39, 0.29) is 17.5 Å². The van der Waals surface area contributed by atoms with Gasteiger partial charge in [0.15, 0.2) is 5.75 Å². The van der Waals surface area contributed by atoms with E-state index in [2.05, 4.69) is 11.2 Å². The fraction of sp³-hybridized carbons (Fsp3) is 0.385. The zero-order valence-electron chi connectivity index (χ0n) is 10.5. The Labute approximate surface area is 106 Å². The van der Waals surface area contributed by atoms with E-state index in [1.807, 2.05) is 6.92 Å². The quantitative estimate of drug-likeness (QED) is 0.477. The summed E-state index contributed by atoms with van der Waals surface area (Å²) in [5, 5.41) is 14.0. The molecular weight excluding hydrogens is 232 g/mol. The Morgan fingerprint density at radius 1 is 1.61 bits per heavy atom. The number of anilines is 1. The number of nitro groups is 1. The summed E-state index contributed by atoms with van der Waals surface area (Å²) in [5.74, 6) is 2.82. The zero-order valence-corrected chi connectivity index (χ0v) is 10.5. The van der Waals surface area contributed by atoms with Crippen LogP contribution in [-0.2, 0) is 0 Å². The molecule has 5 nitrogen and oxygen atoms in total. The number of ether oxygens (including phenoxy) is 1. The fourth-order valence-corrected chi connectivity index (χ4v) is 1.54. The van der Waals surface area contributed by atoms with Gasteiger partial charge in [0.25, 0.3) is 0 Å². The minimum atomic E-state index is -0.459. The lowest BCUT2D eigenvalue weighted by Crippen LogP contribution is -2.14. The van der Waals surface area contributed by atoms with Crippen molar-refractivity contribution < 1.29 is 9.66 Å². The summed E-state index contributed by atoms with van der Waals surface area (Å²) in [4.78, 5) is 10.4. The lowest BCUT2D eigenvalue weighted by molar-refractivity contribution is -0.385. The van der Waals surface area contributed by atoms with Crippen LogP contribution in [0.5, 0.6) is 5.75 Å². The van der Waals surface area contributed by atoms with Crippen molar-refractivity contribution >= 4 is 11.4 Å². The summed E-state index contributed by atoms with van der Waals surface area (Å²) < 4.78 is 5.26. The topological polar surface area (TPSA) is 64.4 Å². The molecule has 0 aliphatic rings. The van der Waals surface area contributed by atoms with Gasteiger partial charge in [0.2, 0.25) is 0 Å². The van der Waals surface area contributed by atoms with Gasteiger partial charge in [-0.1, -0.05) is 0 Å². The standard InChI is InChI=1S/C13H16N2O3/c1-4-6-10(3)14-11-7-8-12(15(16)17)13(9-11)18-5-2/h1,7-10,14H,5-6H2,2-3H3. The number of hydrogen-bond donors (Lipinski definition) is 1. The Hall–Kier alpha value is -2.22. The van der Waals surface area contributed by atoms with E-state index in [4.69, 9.17) is 11.2 Å². The van der Waals surface area contributed by atoms with Crippen LogP contribution in [0, 0.1) is 22.5 Å². The molecular formula is C13H16N2O3. The van der Waals surface area contributed by atoms with Crippen molar-refractivity contribution in [3.63, 3.8) is 0 Å². The van der Waals surface area contributed by atoms with Gasteiger partial charge in [0, 0.05) is 30.3 Å². The number of nitrogens with zero attached hydrogens (tertiary/aromatic N) is 1. The lowest BCUT2D eigenvalue weighted by Gasteiger charge is -2.13. The normalized spacial score (nSPS) is 11.4. The van der Waals surface area contributed by atoms with Gasteiger partial charge in [-0.3, -0.25) is 10.1 Å². The smallest absolute Gasteiger partial charge is 0.311 e. The minimum absolute atomic E-state index is 0.0352. The molecule has 0 aliphatic carbocycles. The molecule has 1 aromatic carbocycles. The van der Waals surface area contributed by atoms with Crippen LogP contribution >= 0.6 is 0 Å². The molecule has 0 aliphatic heterocycles. The first kappa shape index (κ1) is 13.8. The molecule has 1 atom stereocenters. The summed E-state index contributed by atoms with van der Waals surface area (Å²) in [6, 6.07) is 4.80. The SMILES string of the molecule is C#CCC(C)Nc1ccc([N+](=O)[O-])c(OCC)c1. The maximum Gasteiger partial charge on any atom is 0.311 e. The highest BCUT2D eigenvalue weighted by Gasteiger charge is 2.15. The minimum Gasteiger partial charge on any atom is -0.487 e. The summed E-state index contributed by atoms with van der Waals surface area (Å²) in [5.41, 5.74) is 0.721. The van der Waals surface area contributed by atoms with Crippen LogP contribution in [0.3, 0.4) is 0 Å². The van der Waals surface area contributed by atoms with Gasteiger partial charge in [-0.25, -0.2) is 0 Å². The molecule has 0 bridgehead atoms. The van der Waals surface area contributed by atoms with Crippen LogP contribution in [0.1, 0.15) is 20.3 Å². The first-order valence-corrected chi connectivity index (χ1v) is 5.69. The van der Waals surface area contributed by atoms with Crippen molar-refractivity contribution in [3.8, 4) is 18.1 Å². The average molecular weight is 248 g/mol. The van der Waals surface area contributed by atoms with Crippen LogP contribution in [0.2, 0.25) is 0 Å². The molecule has 0 radical (unpaired) electrons. The summed E-state index contributed by atoms with van der Waals surface area (Å²) in [6.07, 6.45) is 5.80. The third-order valence-electron chi connectivity index (χ3n) is 2.29. The van der Waals surface area contributed by atoms with E-state index in [0.29, 0.717) is 13.0 Å². The van der Waals surface area contributed by atoms with Gasteiger partial charge >= 0.3 is 5.69 Å². The predicted molar refractivity (Wildman–Crippen MR) is 70.8 cm³/mol. The van der Waals surface area contributed by atoms with E-state index in [0.717, 1.165) is 5.69 Å². The number of terminal acetylenes is 1. The Balaban J connectivity index is 2.93. The molecule has 18 heavy (non-hydrogen) atoms. The van der Waals surface area contributed by atoms with Crippen LogP contribution in [0.4, 0.5) is 11.4 Å². The van der Waals surface area contributed by atoms with Crippen molar-refractivity contribution in [1.82, 2.24) is 0 Å². The van der Waals surface area contributed by atoms with Gasteiger partial charge in [-0.15, -0.1) is 12.3 Å². The first-order valence-electron chi connectivity index (χ1n) is 5.69. The molecule has 0 saturated heterocycles. The molecule has 0 heterocycles. The molecule has 1 aromatic rings. The van der Waals surface area contributed by atoms with Crippen LogP contribution in [-0.4, -0.2) is 17.6 Å². The number of nitrogens with one attached hydrogen (secondary N) is 1. The number of rotatable bonds is 6. The zero-order chi connectivity index (χ0) is 13.5. The molecule has 1 unspecified atom stereocenters. The largest absolute Gasteiger partial charge is 0.487 e. The average Bonchev–Trinajstić information content (AvgIpc) is 2.29. The second-order valence-corrected chi connectivity index (χ2v) is 3.83. The van der Waals surface area contributed by atoms with E-state index in [1.54, 1.807) is 19.1 Å². The fourth-order valence-electron chi connectivity index (χ4n) is 1.54. The van der Waals surface area contributed by atoms with Gasteiger partial charge in [-0.2, -0.15) is 0 Å². The monoisotopic (exact) mass is 248 g/mol. The molecule has 0 saturated carbocycles. The van der Waals surface area contributed by atoms with Crippen molar-refractivity contribution in [2.75, 3.05) is 11.9 Å². The van der Waals surface area contributed by atoms with Gasteiger partial charge in [0.05, 0.1) is 11.5 Å². The number of benzene rings is 1. The van der Waals surface area contributed by atoms with E-state index in [9.17, 15) is 10.1 Å². The Bertz CT molecular complexity index is 466. The molecule has 0 amide bonds. The third-order valence-corrected chi connectivity index (χ3v) is 2.29. The molecule has 5 heteroatoms. The highest BCUT2D eigenvalue weighted by Crippen LogP contribution is 2.30. The van der Waals surface area contributed by atoms with Crippen molar-refractivity contribution in [3.05, 3.63) is 28.3 Å². The lowest BCUT2D eigenvalue weighted by atomic mass is 10.2. The highest BCUT2D eigenvalue weighted by atomic mass is 16.6. The van der Waals surface area contributed by atoms with Crippen molar-refractivity contribution in [2.24, 2.45) is 0 Å². The summed E-state index contributed by atoms with van der Waals surface area (Å²) in [7, 11) is 0. The summed E-state index contributed by atoms with van der Waals surface area (Å²) in [6.45, 7) is 4.11. The van der Waals surface area contributed by atoms with Crippen LogP contribution in [0.15, 0.2) is 18.2 Å². The Morgan fingerprint density at radius 3 is 2.89 bits per heavy atom. The van der Waals surface area contributed by atoms with Crippen molar-refractivity contribution in [2.45, 2.75) is 26.3 Å². The maximum absolute atomic E-state index is 10.8. The molecule has 0 aromatic heterocycles. The Kier molecular flexibility index (Phi) is 5.00. The number of nitro benzene ring substituents is 1. The Morgan fingerprint density at radius 2 is 2.33 bits per heavy atom. The van der Waals surface area contributed by atoms with E-state index < -0.39 is 4.92 Å². The highest BCUT2D eigenvalue weighted by molar-refractivity contribution is 5.58. The van der Waals surface area contributed by atoms with E-state index in [1.165, 1.54) is 6.07 Å². The third kappa shape index (κ3) is 3.67. The maximum atomic E-state index is 10.8. The second kappa shape index (κ2) is 6.50. The van der Waals surface area contributed by atoms with E-state index >= 15 is 0 Å². The van der Waals surface area contributed by atoms with Crippen molar-refractivity contribution in [1.29, 1.82) is 0 Å². The molecule has 96 valence electrons. The van der Waals surface area contributed by atoms with Crippen LogP contribution in [0.25, 0.3) is 0 Å². The van der Waals surface area contributed by atoms with Gasteiger partial charge in [-0.05, 0) is 19.9 Å². The molecule has 0 fully saturated rings. The second-order valence-electron chi connectivity index (χ2n) is 3.83. The predicted octanol–water partition coefficient (Wildman–Crippen LogP) is 2.82. The first-order chi connectivity index (χ1) is 8.58.